The van der Waals surface area contributed by atoms with Crippen LogP contribution < -0.4 is 4.74 Å². The van der Waals surface area contributed by atoms with Crippen molar-refractivity contribution in [1.29, 1.82) is 0 Å². The molecule has 0 aromatic heterocycles. The molecule has 1 aromatic rings. The highest BCUT2D eigenvalue weighted by Crippen LogP contribution is 2.19. The quantitative estimate of drug-likeness (QED) is 0.593. The van der Waals surface area contributed by atoms with E-state index in [4.69, 9.17) is 4.74 Å². The Hall–Kier alpha value is -1.72. The number of halogens is 3. The van der Waals surface area contributed by atoms with Gasteiger partial charge in [-0.2, -0.15) is 0 Å². The summed E-state index contributed by atoms with van der Waals surface area (Å²) in [7, 11) is 0. The summed E-state index contributed by atoms with van der Waals surface area (Å²) in [5.41, 5.74) is 0. The van der Waals surface area contributed by atoms with Gasteiger partial charge in [-0.3, -0.25) is 4.79 Å². The zero-order valence-electron chi connectivity index (χ0n) is 9.13. The van der Waals surface area contributed by atoms with Gasteiger partial charge in [-0.05, 0) is 6.92 Å². The average molecular weight is 248 g/mol. The molecule has 1 aromatic carbocycles. The van der Waals surface area contributed by atoms with E-state index >= 15 is 0 Å². The van der Waals surface area contributed by atoms with Crippen molar-refractivity contribution >= 4 is 5.97 Å². The molecule has 0 atom stereocenters. The van der Waals surface area contributed by atoms with Crippen LogP contribution in [0.5, 0.6) is 5.75 Å². The van der Waals surface area contributed by atoms with E-state index in [9.17, 15) is 18.0 Å². The lowest BCUT2D eigenvalue weighted by atomic mass is 10.3. The molecule has 0 heterocycles. The summed E-state index contributed by atoms with van der Waals surface area (Å²) in [6, 6.07) is 1.42. The van der Waals surface area contributed by atoms with Gasteiger partial charge in [0.1, 0.15) is 5.75 Å². The Balaban J connectivity index is 2.50. The lowest BCUT2D eigenvalue weighted by Crippen LogP contribution is -2.09. The lowest BCUT2D eigenvalue weighted by Gasteiger charge is -2.06. The molecule has 17 heavy (non-hydrogen) atoms. The van der Waals surface area contributed by atoms with Crippen molar-refractivity contribution in [3.05, 3.63) is 29.6 Å². The Labute approximate surface area is 96.1 Å². The fraction of sp³-hybridized carbons (Fsp3) is 0.364. The molecule has 0 radical (unpaired) electrons. The lowest BCUT2D eigenvalue weighted by molar-refractivity contribution is -0.143. The number of carbonyl (C=O) groups excluding carboxylic acids is 1. The first-order valence-corrected chi connectivity index (χ1v) is 4.97. The van der Waals surface area contributed by atoms with Gasteiger partial charge in [-0.1, -0.05) is 0 Å². The average Bonchev–Trinajstić information content (AvgIpc) is 2.26. The van der Waals surface area contributed by atoms with Crippen molar-refractivity contribution in [1.82, 2.24) is 0 Å². The third-order valence-electron chi connectivity index (χ3n) is 1.84. The smallest absolute Gasteiger partial charge is 0.309 e. The standard InChI is InChI=1S/C11H11F3O3/c1-2-16-10(15)3-4-17-7-5-8(12)11(14)9(13)6-7/h5-6H,2-4H2,1H3. The van der Waals surface area contributed by atoms with E-state index in [2.05, 4.69) is 4.74 Å². The van der Waals surface area contributed by atoms with Gasteiger partial charge in [0, 0.05) is 12.1 Å². The number of benzene rings is 1. The number of carbonyl (C=O) groups is 1. The Morgan fingerprint density at radius 2 is 1.82 bits per heavy atom. The minimum absolute atomic E-state index is 0.0472. The van der Waals surface area contributed by atoms with Gasteiger partial charge in [0.2, 0.25) is 0 Å². The second kappa shape index (κ2) is 6.12. The van der Waals surface area contributed by atoms with Crippen LogP contribution in [-0.4, -0.2) is 19.2 Å². The summed E-state index contributed by atoms with van der Waals surface area (Å²) in [6.07, 6.45) is -0.0472. The van der Waals surface area contributed by atoms with Gasteiger partial charge in [-0.25, -0.2) is 13.2 Å². The zero-order valence-corrected chi connectivity index (χ0v) is 9.13. The molecule has 6 heteroatoms. The molecule has 0 aliphatic rings. The van der Waals surface area contributed by atoms with Gasteiger partial charge in [0.05, 0.1) is 19.6 Å². The number of ether oxygens (including phenoxy) is 2. The molecule has 0 amide bonds. The zero-order chi connectivity index (χ0) is 12.8. The topological polar surface area (TPSA) is 35.5 Å². The minimum Gasteiger partial charge on any atom is -0.493 e. The van der Waals surface area contributed by atoms with E-state index in [1.807, 2.05) is 0 Å². The Morgan fingerprint density at radius 1 is 1.24 bits per heavy atom. The first-order valence-electron chi connectivity index (χ1n) is 4.97. The Morgan fingerprint density at radius 3 is 2.35 bits per heavy atom. The van der Waals surface area contributed by atoms with Crippen molar-refractivity contribution in [2.45, 2.75) is 13.3 Å². The summed E-state index contributed by atoms with van der Waals surface area (Å²) in [5.74, 6) is -4.88. The predicted molar refractivity (Wildman–Crippen MR) is 53.1 cm³/mol. The number of hydrogen-bond acceptors (Lipinski definition) is 3. The van der Waals surface area contributed by atoms with Crippen LogP contribution in [0.15, 0.2) is 12.1 Å². The highest BCUT2D eigenvalue weighted by Gasteiger charge is 2.11. The van der Waals surface area contributed by atoms with Crippen molar-refractivity contribution in [3.63, 3.8) is 0 Å². The molecule has 1 rings (SSSR count). The van der Waals surface area contributed by atoms with Crippen molar-refractivity contribution in [2.24, 2.45) is 0 Å². The molecule has 0 aliphatic carbocycles. The molecular weight excluding hydrogens is 237 g/mol. The molecular formula is C11H11F3O3. The molecule has 0 bridgehead atoms. The van der Waals surface area contributed by atoms with Gasteiger partial charge in [0.25, 0.3) is 0 Å². The molecule has 0 spiro atoms. The van der Waals surface area contributed by atoms with Crippen molar-refractivity contribution in [2.75, 3.05) is 13.2 Å². The number of rotatable bonds is 5. The highest BCUT2D eigenvalue weighted by atomic mass is 19.2. The number of hydrogen-bond donors (Lipinski definition) is 0. The van der Waals surface area contributed by atoms with Gasteiger partial charge in [0.15, 0.2) is 17.5 Å². The molecule has 94 valence electrons. The normalized spacial score (nSPS) is 10.1. The van der Waals surface area contributed by atoms with E-state index in [1.54, 1.807) is 6.92 Å². The van der Waals surface area contributed by atoms with E-state index in [0.29, 0.717) is 12.1 Å². The first kappa shape index (κ1) is 13.3. The second-order valence-electron chi connectivity index (χ2n) is 3.10. The molecule has 0 N–H and O–H groups in total. The fourth-order valence-electron chi connectivity index (χ4n) is 1.10. The Bertz CT molecular complexity index is 384. The third kappa shape index (κ3) is 3.97. The monoisotopic (exact) mass is 248 g/mol. The largest absolute Gasteiger partial charge is 0.493 e. The van der Waals surface area contributed by atoms with Crippen LogP contribution >= 0.6 is 0 Å². The van der Waals surface area contributed by atoms with E-state index in [0.717, 1.165) is 0 Å². The SMILES string of the molecule is CCOC(=O)CCOc1cc(F)c(F)c(F)c1. The third-order valence-corrected chi connectivity index (χ3v) is 1.84. The predicted octanol–water partition coefficient (Wildman–Crippen LogP) is 2.44. The van der Waals surface area contributed by atoms with Gasteiger partial charge < -0.3 is 9.47 Å². The summed E-state index contributed by atoms with van der Waals surface area (Å²) >= 11 is 0. The van der Waals surface area contributed by atoms with Crippen LogP contribution in [0.1, 0.15) is 13.3 Å². The maximum absolute atomic E-state index is 12.8. The van der Waals surface area contributed by atoms with Gasteiger partial charge in [-0.15, -0.1) is 0 Å². The van der Waals surface area contributed by atoms with E-state index in [-0.39, 0.29) is 25.4 Å². The fourth-order valence-corrected chi connectivity index (χ4v) is 1.10. The molecule has 0 fully saturated rings. The Kier molecular flexibility index (Phi) is 4.81. The van der Waals surface area contributed by atoms with Crippen LogP contribution in [0.25, 0.3) is 0 Å². The van der Waals surface area contributed by atoms with Crippen LogP contribution in [0.3, 0.4) is 0 Å². The minimum atomic E-state index is -1.55. The summed E-state index contributed by atoms with van der Waals surface area (Å²) in [4.78, 5) is 10.9. The van der Waals surface area contributed by atoms with Crippen LogP contribution in [0.2, 0.25) is 0 Å². The number of esters is 1. The van der Waals surface area contributed by atoms with E-state index in [1.165, 1.54) is 0 Å². The molecule has 0 saturated heterocycles. The van der Waals surface area contributed by atoms with Crippen LogP contribution in [-0.2, 0) is 9.53 Å². The first-order chi connectivity index (χ1) is 8.04. The summed E-state index contributed by atoms with van der Waals surface area (Å²) in [5, 5.41) is 0. The maximum Gasteiger partial charge on any atom is 0.309 e. The molecule has 0 saturated carbocycles. The van der Waals surface area contributed by atoms with Gasteiger partial charge >= 0.3 is 5.97 Å². The van der Waals surface area contributed by atoms with Crippen molar-refractivity contribution in [3.8, 4) is 5.75 Å². The van der Waals surface area contributed by atoms with Crippen molar-refractivity contribution < 1.29 is 27.4 Å². The second-order valence-corrected chi connectivity index (χ2v) is 3.10. The summed E-state index contributed by atoms with van der Waals surface area (Å²) < 4.78 is 47.6. The molecule has 3 nitrogen and oxygen atoms in total. The van der Waals surface area contributed by atoms with Crippen LogP contribution in [0, 0.1) is 17.5 Å². The van der Waals surface area contributed by atoms with E-state index < -0.39 is 23.4 Å². The molecule has 0 aliphatic heterocycles. The maximum atomic E-state index is 12.8. The molecule has 0 unspecified atom stereocenters. The highest BCUT2D eigenvalue weighted by molar-refractivity contribution is 5.69. The summed E-state index contributed by atoms with van der Waals surface area (Å²) in [6.45, 7) is 1.81. The van der Waals surface area contributed by atoms with Crippen LogP contribution in [0.4, 0.5) is 13.2 Å².